The van der Waals surface area contributed by atoms with E-state index < -0.39 is 0 Å². The zero-order valence-corrected chi connectivity index (χ0v) is 11.2. The van der Waals surface area contributed by atoms with Gasteiger partial charge in [0.15, 0.2) is 0 Å². The first kappa shape index (κ1) is 12.9. The Morgan fingerprint density at radius 3 is 2.71 bits per heavy atom. The minimum Gasteiger partial charge on any atom is -0.301 e. The van der Waals surface area contributed by atoms with Crippen LogP contribution in [0.3, 0.4) is 0 Å². The molecule has 4 nitrogen and oxygen atoms in total. The van der Waals surface area contributed by atoms with Crippen molar-refractivity contribution >= 4 is 11.6 Å². The Hall–Kier alpha value is -0.580. The quantitative estimate of drug-likeness (QED) is 0.756. The van der Waals surface area contributed by atoms with Gasteiger partial charge < -0.3 is 4.90 Å². The predicted octanol–water partition coefficient (Wildman–Crippen LogP) is 1.17. The fraction of sp³-hybridized carbons (Fsp3) is 0.750. The molecule has 0 aromatic carbocycles. The standard InChI is InChI=1S/C12H21ClN4/c1-15-10-12(9-14-15)11-17-5-2-4-16(6-3-13)7-8-17/h9-10H,2-8,11H2,1H3. The van der Waals surface area contributed by atoms with Crippen LogP contribution in [0.2, 0.25) is 0 Å². The van der Waals surface area contributed by atoms with Gasteiger partial charge in [-0.3, -0.25) is 9.58 Å². The van der Waals surface area contributed by atoms with Crippen molar-refractivity contribution in [2.75, 3.05) is 38.6 Å². The van der Waals surface area contributed by atoms with Gasteiger partial charge in [0.25, 0.3) is 0 Å². The van der Waals surface area contributed by atoms with Crippen molar-refractivity contribution in [2.45, 2.75) is 13.0 Å². The molecular weight excluding hydrogens is 236 g/mol. The maximum Gasteiger partial charge on any atom is 0.0534 e. The van der Waals surface area contributed by atoms with Crippen molar-refractivity contribution in [1.29, 1.82) is 0 Å². The van der Waals surface area contributed by atoms with Crippen LogP contribution in [0.5, 0.6) is 0 Å². The number of rotatable bonds is 4. The molecule has 0 N–H and O–H groups in total. The van der Waals surface area contributed by atoms with Crippen LogP contribution < -0.4 is 0 Å². The van der Waals surface area contributed by atoms with E-state index >= 15 is 0 Å². The number of halogens is 1. The van der Waals surface area contributed by atoms with E-state index in [1.54, 1.807) is 0 Å². The highest BCUT2D eigenvalue weighted by Gasteiger charge is 2.14. The van der Waals surface area contributed by atoms with E-state index in [-0.39, 0.29) is 0 Å². The van der Waals surface area contributed by atoms with Crippen LogP contribution in [0.15, 0.2) is 12.4 Å². The van der Waals surface area contributed by atoms with E-state index in [1.165, 1.54) is 25.1 Å². The Balaban J connectivity index is 1.82. The van der Waals surface area contributed by atoms with Crippen molar-refractivity contribution in [3.63, 3.8) is 0 Å². The molecule has 1 aliphatic heterocycles. The van der Waals surface area contributed by atoms with Gasteiger partial charge in [-0.2, -0.15) is 5.10 Å². The van der Waals surface area contributed by atoms with Crippen LogP contribution in [0.4, 0.5) is 0 Å². The van der Waals surface area contributed by atoms with Crippen molar-refractivity contribution in [2.24, 2.45) is 7.05 Å². The number of hydrogen-bond donors (Lipinski definition) is 0. The number of aromatic nitrogens is 2. The summed E-state index contributed by atoms with van der Waals surface area (Å²) in [6.45, 7) is 6.65. The number of nitrogens with zero attached hydrogens (tertiary/aromatic N) is 4. The zero-order chi connectivity index (χ0) is 12.1. The molecule has 0 spiro atoms. The SMILES string of the molecule is Cn1cc(CN2CCCN(CCCl)CC2)cn1. The third-order valence-electron chi connectivity index (χ3n) is 3.25. The van der Waals surface area contributed by atoms with E-state index in [4.69, 9.17) is 11.6 Å². The summed E-state index contributed by atoms with van der Waals surface area (Å²) in [5.41, 5.74) is 1.30. The third-order valence-corrected chi connectivity index (χ3v) is 3.42. The number of hydrogen-bond acceptors (Lipinski definition) is 3. The average Bonchev–Trinajstić information content (AvgIpc) is 2.58. The summed E-state index contributed by atoms with van der Waals surface area (Å²) >= 11 is 5.79. The monoisotopic (exact) mass is 256 g/mol. The van der Waals surface area contributed by atoms with E-state index in [1.807, 2.05) is 17.9 Å². The molecule has 5 heteroatoms. The van der Waals surface area contributed by atoms with Gasteiger partial charge in [0.2, 0.25) is 0 Å². The normalized spacial score (nSPS) is 19.4. The lowest BCUT2D eigenvalue weighted by atomic mass is 10.3. The van der Waals surface area contributed by atoms with Crippen LogP contribution >= 0.6 is 11.6 Å². The molecule has 1 aromatic rings. The minimum atomic E-state index is 0.739. The lowest BCUT2D eigenvalue weighted by Crippen LogP contribution is -2.31. The second-order valence-corrected chi connectivity index (χ2v) is 5.06. The molecular formula is C12H21ClN4. The zero-order valence-electron chi connectivity index (χ0n) is 10.5. The predicted molar refractivity (Wildman–Crippen MR) is 70.3 cm³/mol. The molecule has 2 heterocycles. The van der Waals surface area contributed by atoms with E-state index in [0.717, 1.165) is 32.1 Å². The smallest absolute Gasteiger partial charge is 0.0534 e. The summed E-state index contributed by atoms with van der Waals surface area (Å²) in [6, 6.07) is 0. The van der Waals surface area contributed by atoms with Gasteiger partial charge in [0, 0.05) is 50.9 Å². The first-order valence-electron chi connectivity index (χ1n) is 6.26. The maximum atomic E-state index is 5.79. The molecule has 2 rings (SSSR count). The first-order valence-corrected chi connectivity index (χ1v) is 6.79. The molecule has 1 aliphatic rings. The van der Waals surface area contributed by atoms with E-state index in [0.29, 0.717) is 0 Å². The van der Waals surface area contributed by atoms with Crippen molar-refractivity contribution in [1.82, 2.24) is 19.6 Å². The van der Waals surface area contributed by atoms with Crippen LogP contribution in [0.25, 0.3) is 0 Å². The van der Waals surface area contributed by atoms with Crippen molar-refractivity contribution in [3.05, 3.63) is 18.0 Å². The molecule has 0 bridgehead atoms. The highest BCUT2D eigenvalue weighted by molar-refractivity contribution is 6.18. The summed E-state index contributed by atoms with van der Waals surface area (Å²) < 4.78 is 1.87. The van der Waals surface area contributed by atoms with Crippen molar-refractivity contribution < 1.29 is 0 Å². The molecule has 0 radical (unpaired) electrons. The van der Waals surface area contributed by atoms with E-state index in [2.05, 4.69) is 21.1 Å². The molecule has 17 heavy (non-hydrogen) atoms. The molecule has 96 valence electrons. The van der Waals surface area contributed by atoms with Crippen LogP contribution in [-0.4, -0.2) is 58.2 Å². The average molecular weight is 257 g/mol. The van der Waals surface area contributed by atoms with Gasteiger partial charge in [-0.05, 0) is 19.5 Å². The molecule has 0 atom stereocenters. The Morgan fingerprint density at radius 1 is 1.24 bits per heavy atom. The lowest BCUT2D eigenvalue weighted by molar-refractivity contribution is 0.258. The summed E-state index contributed by atoms with van der Waals surface area (Å²) in [7, 11) is 1.97. The molecule has 1 fully saturated rings. The minimum absolute atomic E-state index is 0.739. The fourth-order valence-electron chi connectivity index (χ4n) is 2.34. The van der Waals surface area contributed by atoms with Gasteiger partial charge in [-0.1, -0.05) is 0 Å². The number of alkyl halides is 1. The van der Waals surface area contributed by atoms with Gasteiger partial charge in [0.1, 0.15) is 0 Å². The lowest BCUT2D eigenvalue weighted by Gasteiger charge is -2.20. The topological polar surface area (TPSA) is 24.3 Å². The van der Waals surface area contributed by atoms with E-state index in [9.17, 15) is 0 Å². The largest absolute Gasteiger partial charge is 0.301 e. The van der Waals surface area contributed by atoms with Gasteiger partial charge in [-0.25, -0.2) is 0 Å². The molecule has 0 unspecified atom stereocenters. The molecule has 0 amide bonds. The third kappa shape index (κ3) is 3.98. The van der Waals surface area contributed by atoms with Gasteiger partial charge in [0.05, 0.1) is 6.20 Å². The first-order chi connectivity index (χ1) is 8.28. The van der Waals surface area contributed by atoms with Crippen molar-refractivity contribution in [3.8, 4) is 0 Å². The Bertz CT molecular complexity index is 339. The Morgan fingerprint density at radius 2 is 2.00 bits per heavy atom. The molecule has 0 aliphatic carbocycles. The Labute approximate surface area is 108 Å². The summed E-state index contributed by atoms with van der Waals surface area (Å²) in [6.07, 6.45) is 5.29. The number of aryl methyl sites for hydroxylation is 1. The van der Waals surface area contributed by atoms with Crippen LogP contribution in [0.1, 0.15) is 12.0 Å². The molecule has 1 saturated heterocycles. The van der Waals surface area contributed by atoms with Crippen LogP contribution in [-0.2, 0) is 13.6 Å². The van der Waals surface area contributed by atoms with Gasteiger partial charge in [-0.15, -0.1) is 11.6 Å². The summed E-state index contributed by atoms with van der Waals surface area (Å²) in [5, 5.41) is 4.21. The highest BCUT2D eigenvalue weighted by atomic mass is 35.5. The fourth-order valence-corrected chi connectivity index (χ4v) is 2.58. The second-order valence-electron chi connectivity index (χ2n) is 4.68. The molecule has 1 aromatic heterocycles. The highest BCUT2D eigenvalue weighted by Crippen LogP contribution is 2.08. The summed E-state index contributed by atoms with van der Waals surface area (Å²) in [4.78, 5) is 4.96. The van der Waals surface area contributed by atoms with Gasteiger partial charge >= 0.3 is 0 Å². The van der Waals surface area contributed by atoms with Crippen LogP contribution in [0, 0.1) is 0 Å². The maximum absolute atomic E-state index is 5.79. The Kier molecular flexibility index (Phi) is 4.83. The molecule has 0 saturated carbocycles. The second kappa shape index (κ2) is 6.38. The summed E-state index contributed by atoms with van der Waals surface area (Å²) in [5.74, 6) is 0.739.